The van der Waals surface area contributed by atoms with Crippen molar-refractivity contribution in [2.75, 3.05) is 24.7 Å². The van der Waals surface area contributed by atoms with Crippen LogP contribution in [-0.2, 0) is 20.8 Å². The lowest BCUT2D eigenvalue weighted by molar-refractivity contribution is -0.137. The quantitative estimate of drug-likeness (QED) is 0.495. The third-order valence-corrected chi connectivity index (χ3v) is 6.58. The highest BCUT2D eigenvalue weighted by atomic mass is 32.2. The molecule has 0 spiro atoms. The largest absolute Gasteiger partial charge is 0.416 e. The fraction of sp³-hybridized carbons (Fsp3) is 0.208. The fourth-order valence-corrected chi connectivity index (χ4v) is 4.26. The molecule has 7 nitrogen and oxygen atoms in total. The van der Waals surface area contributed by atoms with E-state index in [4.69, 9.17) is 0 Å². The maximum Gasteiger partial charge on any atom is 0.416 e. The summed E-state index contributed by atoms with van der Waals surface area (Å²) < 4.78 is 75.2. The van der Waals surface area contributed by atoms with Crippen LogP contribution in [0.15, 0.2) is 76.9 Å². The molecule has 0 saturated carbocycles. The van der Waals surface area contributed by atoms with Gasteiger partial charge in [0.1, 0.15) is 12.4 Å². The van der Waals surface area contributed by atoms with Crippen molar-refractivity contribution in [2.45, 2.75) is 17.0 Å². The molecule has 12 heteroatoms. The number of hydrogen-bond donors (Lipinski definition) is 1. The van der Waals surface area contributed by atoms with E-state index in [1.807, 2.05) is 0 Å². The summed E-state index contributed by atoms with van der Waals surface area (Å²) in [6.07, 6.45) is -2.17. The molecular formula is C24H20F4N4O3S. The summed E-state index contributed by atoms with van der Waals surface area (Å²) in [5.74, 6) is -1.38. The number of anilines is 1. The first kappa shape index (κ1) is 25.3. The first-order chi connectivity index (χ1) is 16.9. The zero-order valence-electron chi connectivity index (χ0n) is 18.8. The number of rotatable bonds is 6. The van der Waals surface area contributed by atoms with E-state index in [0.717, 1.165) is 30.5 Å². The molecule has 1 unspecified atom stereocenters. The average Bonchev–Trinajstić information content (AvgIpc) is 3.22. The second kappa shape index (κ2) is 9.69. The molecule has 0 saturated heterocycles. The lowest BCUT2D eigenvalue weighted by atomic mass is 9.94. The number of pyridine rings is 1. The highest BCUT2D eigenvalue weighted by Crippen LogP contribution is 2.30. The Morgan fingerprint density at radius 2 is 1.72 bits per heavy atom. The van der Waals surface area contributed by atoms with Crippen LogP contribution in [0.4, 0.5) is 23.2 Å². The molecule has 1 N–H and O–H groups in total. The summed E-state index contributed by atoms with van der Waals surface area (Å²) in [5, 5.41) is 8.51. The Kier molecular flexibility index (Phi) is 6.81. The summed E-state index contributed by atoms with van der Waals surface area (Å²) >= 11 is 0. The van der Waals surface area contributed by atoms with Gasteiger partial charge < -0.3 is 5.32 Å². The lowest BCUT2D eigenvalue weighted by Crippen LogP contribution is -2.29. The first-order valence-electron chi connectivity index (χ1n) is 10.6. The van der Waals surface area contributed by atoms with Crippen molar-refractivity contribution >= 4 is 27.1 Å². The number of nitrogens with one attached hydrogen (secondary N) is 1. The number of carbonyl (C=O) groups excluding carboxylic acids is 1. The predicted molar refractivity (Wildman–Crippen MR) is 125 cm³/mol. The fourth-order valence-electron chi connectivity index (χ4n) is 3.70. The van der Waals surface area contributed by atoms with Crippen molar-refractivity contribution < 1.29 is 30.8 Å². The van der Waals surface area contributed by atoms with E-state index in [9.17, 15) is 30.8 Å². The Bertz CT molecular complexity index is 1390. The van der Waals surface area contributed by atoms with E-state index in [1.165, 1.54) is 41.5 Å². The molecule has 4 rings (SSSR count). The Labute approximate surface area is 204 Å². The van der Waals surface area contributed by atoms with Gasteiger partial charge in [0.2, 0.25) is 5.91 Å². The summed E-state index contributed by atoms with van der Waals surface area (Å²) in [5.41, 5.74) is 0.990. The average molecular weight is 521 g/mol. The smallest absolute Gasteiger partial charge is 0.324 e. The van der Waals surface area contributed by atoms with Gasteiger partial charge in [-0.15, -0.1) is 0 Å². The number of benzene rings is 2. The van der Waals surface area contributed by atoms with Crippen molar-refractivity contribution in [3.8, 4) is 0 Å². The molecule has 1 aromatic heterocycles. The van der Waals surface area contributed by atoms with Crippen molar-refractivity contribution in [3.05, 3.63) is 89.5 Å². The van der Waals surface area contributed by atoms with Crippen LogP contribution < -0.4 is 5.32 Å². The molecule has 1 aliphatic heterocycles. The van der Waals surface area contributed by atoms with Crippen molar-refractivity contribution in [2.24, 2.45) is 5.10 Å². The van der Waals surface area contributed by atoms with Gasteiger partial charge in [-0.3, -0.25) is 14.8 Å². The summed E-state index contributed by atoms with van der Waals surface area (Å²) in [6, 6.07) is 12.7. The van der Waals surface area contributed by atoms with E-state index < -0.39 is 39.2 Å². The normalized spacial score (nSPS) is 16.1. The topological polar surface area (TPSA) is 91.7 Å². The van der Waals surface area contributed by atoms with Crippen LogP contribution in [0, 0.1) is 5.82 Å². The number of carbonyl (C=O) groups is 1. The van der Waals surface area contributed by atoms with Gasteiger partial charge in [-0.25, -0.2) is 12.8 Å². The molecule has 188 valence electrons. The molecule has 0 bridgehead atoms. The molecule has 0 radical (unpaired) electrons. The van der Waals surface area contributed by atoms with Gasteiger partial charge in [0.25, 0.3) is 0 Å². The molecule has 2 heterocycles. The van der Waals surface area contributed by atoms with E-state index in [0.29, 0.717) is 17.0 Å². The lowest BCUT2D eigenvalue weighted by Gasteiger charge is -2.16. The van der Waals surface area contributed by atoms with E-state index >= 15 is 0 Å². The molecule has 36 heavy (non-hydrogen) atoms. The SMILES string of the molecule is CS(=O)(=O)c1ccc(C2CN(CC(=O)Nc3ccc(C(F)(F)F)cc3)N=C2c2ccc(F)cc2)nc1. The van der Waals surface area contributed by atoms with Gasteiger partial charge in [-0.05, 0) is 54.1 Å². The molecule has 1 atom stereocenters. The third kappa shape index (κ3) is 5.88. The van der Waals surface area contributed by atoms with Crippen LogP contribution in [-0.4, -0.2) is 49.4 Å². The molecule has 1 amide bonds. The zero-order valence-corrected chi connectivity index (χ0v) is 19.6. The maximum atomic E-state index is 13.5. The summed E-state index contributed by atoms with van der Waals surface area (Å²) in [4.78, 5) is 16.9. The third-order valence-electron chi connectivity index (χ3n) is 5.48. The number of hydrogen-bond acceptors (Lipinski definition) is 6. The van der Waals surface area contributed by atoms with Crippen molar-refractivity contribution in [3.63, 3.8) is 0 Å². The molecule has 0 aliphatic carbocycles. The molecule has 0 fully saturated rings. The highest BCUT2D eigenvalue weighted by Gasteiger charge is 2.32. The van der Waals surface area contributed by atoms with Gasteiger partial charge in [-0.2, -0.15) is 18.3 Å². The standard InChI is InChI=1S/C24H20F4N4O3S/c1-36(34,35)19-10-11-21(29-12-19)20-13-32(31-23(20)15-2-6-17(25)7-3-15)14-22(33)30-18-8-4-16(5-9-18)24(26,27)28/h2-12,20H,13-14H2,1H3,(H,30,33). The molecular weight excluding hydrogens is 500 g/mol. The molecule has 3 aromatic rings. The van der Waals surface area contributed by atoms with Crippen molar-refractivity contribution in [1.29, 1.82) is 0 Å². The Morgan fingerprint density at radius 1 is 1.06 bits per heavy atom. The monoisotopic (exact) mass is 520 g/mol. The number of nitrogens with zero attached hydrogens (tertiary/aromatic N) is 3. The Morgan fingerprint density at radius 3 is 2.28 bits per heavy atom. The second-order valence-electron chi connectivity index (χ2n) is 8.21. The van der Waals surface area contributed by atoms with Gasteiger partial charge >= 0.3 is 6.18 Å². The van der Waals surface area contributed by atoms with Gasteiger partial charge in [0.15, 0.2) is 9.84 Å². The number of alkyl halides is 3. The van der Waals surface area contributed by atoms with Gasteiger partial charge in [-0.1, -0.05) is 12.1 Å². The summed E-state index contributed by atoms with van der Waals surface area (Å²) in [7, 11) is -3.44. The van der Waals surface area contributed by atoms with Crippen LogP contribution in [0.3, 0.4) is 0 Å². The molecule has 2 aromatic carbocycles. The number of hydrazone groups is 1. The molecule has 1 aliphatic rings. The van der Waals surface area contributed by atoms with Gasteiger partial charge in [0, 0.05) is 18.1 Å². The van der Waals surface area contributed by atoms with E-state index in [-0.39, 0.29) is 23.7 Å². The predicted octanol–water partition coefficient (Wildman–Crippen LogP) is 4.09. The number of aromatic nitrogens is 1. The first-order valence-corrected chi connectivity index (χ1v) is 12.5. The van der Waals surface area contributed by atoms with Crippen molar-refractivity contribution in [1.82, 2.24) is 9.99 Å². The van der Waals surface area contributed by atoms with Crippen LogP contribution in [0.1, 0.15) is 22.7 Å². The zero-order chi connectivity index (χ0) is 26.1. The highest BCUT2D eigenvalue weighted by molar-refractivity contribution is 7.90. The minimum Gasteiger partial charge on any atom is -0.324 e. The minimum atomic E-state index is -4.48. The van der Waals surface area contributed by atoms with Gasteiger partial charge in [0.05, 0.1) is 34.3 Å². The van der Waals surface area contributed by atoms with Crippen LogP contribution in [0.2, 0.25) is 0 Å². The van der Waals surface area contributed by atoms with Crippen LogP contribution in [0.5, 0.6) is 0 Å². The Balaban J connectivity index is 1.53. The second-order valence-corrected chi connectivity index (χ2v) is 10.2. The summed E-state index contributed by atoms with van der Waals surface area (Å²) in [6.45, 7) is 0.0159. The number of sulfone groups is 1. The van der Waals surface area contributed by atoms with E-state index in [2.05, 4.69) is 15.4 Å². The number of halogens is 4. The van der Waals surface area contributed by atoms with E-state index in [1.54, 1.807) is 6.07 Å². The number of amides is 1. The van der Waals surface area contributed by atoms with Crippen LogP contribution in [0.25, 0.3) is 0 Å². The maximum absolute atomic E-state index is 13.5. The Hall–Kier alpha value is -3.80. The van der Waals surface area contributed by atoms with Crippen LogP contribution >= 0.6 is 0 Å². The minimum absolute atomic E-state index is 0.0530.